The lowest BCUT2D eigenvalue weighted by molar-refractivity contribution is -0.122. The molecule has 140 valence electrons. The summed E-state index contributed by atoms with van der Waals surface area (Å²) in [6, 6.07) is 14.7. The predicted molar refractivity (Wildman–Crippen MR) is 103 cm³/mol. The Morgan fingerprint density at radius 2 is 1.67 bits per heavy atom. The quantitative estimate of drug-likeness (QED) is 0.798. The minimum atomic E-state index is -0.412. The molecule has 1 heterocycles. The van der Waals surface area contributed by atoms with E-state index in [1.165, 1.54) is 0 Å². The number of benzene rings is 2. The van der Waals surface area contributed by atoms with Crippen LogP contribution in [0.25, 0.3) is 0 Å². The van der Waals surface area contributed by atoms with Gasteiger partial charge in [-0.15, -0.1) is 0 Å². The van der Waals surface area contributed by atoms with Crippen molar-refractivity contribution >= 4 is 17.7 Å². The van der Waals surface area contributed by atoms with Gasteiger partial charge in [-0.05, 0) is 37.0 Å². The van der Waals surface area contributed by atoms with E-state index in [1.54, 1.807) is 18.2 Å². The summed E-state index contributed by atoms with van der Waals surface area (Å²) in [4.78, 5) is 38.7. The molecule has 1 aliphatic rings. The van der Waals surface area contributed by atoms with Crippen LogP contribution in [0.15, 0.2) is 48.5 Å². The minimum Gasteiger partial charge on any atom is -0.348 e. The smallest absolute Gasteiger partial charge is 0.262 e. The van der Waals surface area contributed by atoms with Gasteiger partial charge >= 0.3 is 0 Å². The van der Waals surface area contributed by atoms with Crippen LogP contribution in [-0.4, -0.2) is 29.2 Å². The lowest BCUT2D eigenvalue weighted by atomic mass is 9.97. The molecular weight excluding hydrogens is 340 g/mol. The molecule has 2 aromatic carbocycles. The van der Waals surface area contributed by atoms with Crippen molar-refractivity contribution in [2.24, 2.45) is 5.92 Å². The SMILES string of the molecule is Cc1ccc2c(c1)C(=O)N(CC(=O)NC(CC(C)C)c1ccccc1)C2=O. The summed E-state index contributed by atoms with van der Waals surface area (Å²) in [6.45, 7) is 5.78. The van der Waals surface area contributed by atoms with Crippen molar-refractivity contribution in [3.05, 3.63) is 70.8 Å². The van der Waals surface area contributed by atoms with E-state index in [1.807, 2.05) is 37.3 Å². The second-order valence-electron chi connectivity index (χ2n) is 7.41. The van der Waals surface area contributed by atoms with Crippen molar-refractivity contribution in [1.29, 1.82) is 0 Å². The molecule has 1 atom stereocenters. The average molecular weight is 364 g/mol. The van der Waals surface area contributed by atoms with Gasteiger partial charge in [-0.3, -0.25) is 19.3 Å². The summed E-state index contributed by atoms with van der Waals surface area (Å²) in [5, 5.41) is 2.99. The molecule has 5 heteroatoms. The second-order valence-corrected chi connectivity index (χ2v) is 7.41. The Bertz CT molecular complexity index is 874. The van der Waals surface area contributed by atoms with E-state index in [-0.39, 0.29) is 18.5 Å². The van der Waals surface area contributed by atoms with Crippen LogP contribution in [0.5, 0.6) is 0 Å². The molecule has 1 aliphatic heterocycles. The first-order valence-electron chi connectivity index (χ1n) is 9.18. The third-order valence-electron chi connectivity index (χ3n) is 4.67. The fraction of sp³-hybridized carbons (Fsp3) is 0.318. The van der Waals surface area contributed by atoms with Crippen LogP contribution in [-0.2, 0) is 4.79 Å². The zero-order chi connectivity index (χ0) is 19.6. The van der Waals surface area contributed by atoms with Crippen LogP contribution in [0.1, 0.15) is 58.2 Å². The number of imide groups is 1. The molecule has 0 radical (unpaired) electrons. The highest BCUT2D eigenvalue weighted by atomic mass is 16.2. The van der Waals surface area contributed by atoms with Gasteiger partial charge in [-0.1, -0.05) is 55.8 Å². The number of carbonyl (C=O) groups excluding carboxylic acids is 3. The molecule has 0 spiro atoms. The van der Waals surface area contributed by atoms with Gasteiger partial charge in [0.2, 0.25) is 5.91 Å². The molecule has 1 N–H and O–H groups in total. The van der Waals surface area contributed by atoms with Gasteiger partial charge in [0, 0.05) is 0 Å². The van der Waals surface area contributed by atoms with Gasteiger partial charge in [0.25, 0.3) is 11.8 Å². The molecule has 0 aromatic heterocycles. The van der Waals surface area contributed by atoms with E-state index in [0.29, 0.717) is 17.0 Å². The van der Waals surface area contributed by atoms with Gasteiger partial charge in [0.15, 0.2) is 0 Å². The van der Waals surface area contributed by atoms with Gasteiger partial charge in [0.1, 0.15) is 6.54 Å². The lowest BCUT2D eigenvalue weighted by Gasteiger charge is -2.22. The van der Waals surface area contributed by atoms with Crippen molar-refractivity contribution in [2.75, 3.05) is 6.54 Å². The number of fused-ring (bicyclic) bond motifs is 1. The van der Waals surface area contributed by atoms with E-state index in [0.717, 1.165) is 22.4 Å². The van der Waals surface area contributed by atoms with Crippen LogP contribution in [0.4, 0.5) is 0 Å². The molecule has 5 nitrogen and oxygen atoms in total. The van der Waals surface area contributed by atoms with Gasteiger partial charge in [0.05, 0.1) is 17.2 Å². The summed E-state index contributed by atoms with van der Waals surface area (Å²) < 4.78 is 0. The Balaban J connectivity index is 1.73. The summed E-state index contributed by atoms with van der Waals surface area (Å²) >= 11 is 0. The number of amides is 3. The van der Waals surface area contributed by atoms with Crippen LogP contribution in [0.2, 0.25) is 0 Å². The summed E-state index contributed by atoms with van der Waals surface area (Å²) in [5.74, 6) is -0.771. The normalized spacial score (nSPS) is 14.4. The Morgan fingerprint density at radius 3 is 2.33 bits per heavy atom. The molecule has 27 heavy (non-hydrogen) atoms. The maximum atomic E-state index is 12.6. The molecule has 0 saturated heterocycles. The predicted octanol–water partition coefficient (Wildman–Crippen LogP) is 3.49. The lowest BCUT2D eigenvalue weighted by Crippen LogP contribution is -2.41. The highest BCUT2D eigenvalue weighted by molar-refractivity contribution is 6.22. The monoisotopic (exact) mass is 364 g/mol. The van der Waals surface area contributed by atoms with Crippen molar-refractivity contribution in [2.45, 2.75) is 33.2 Å². The van der Waals surface area contributed by atoms with Crippen molar-refractivity contribution in [3.8, 4) is 0 Å². The fourth-order valence-electron chi connectivity index (χ4n) is 3.37. The Hall–Kier alpha value is -2.95. The maximum Gasteiger partial charge on any atom is 0.262 e. The molecule has 3 amide bonds. The van der Waals surface area contributed by atoms with Crippen LogP contribution < -0.4 is 5.32 Å². The largest absolute Gasteiger partial charge is 0.348 e. The van der Waals surface area contributed by atoms with E-state index in [2.05, 4.69) is 19.2 Å². The molecule has 3 rings (SSSR count). The third-order valence-corrected chi connectivity index (χ3v) is 4.67. The van der Waals surface area contributed by atoms with Gasteiger partial charge in [-0.2, -0.15) is 0 Å². The second kappa shape index (κ2) is 7.74. The summed E-state index contributed by atoms with van der Waals surface area (Å²) in [7, 11) is 0. The number of rotatable bonds is 6. The topological polar surface area (TPSA) is 66.5 Å². The number of nitrogens with zero attached hydrogens (tertiary/aromatic N) is 1. The number of nitrogens with one attached hydrogen (secondary N) is 1. The van der Waals surface area contributed by atoms with Crippen molar-refractivity contribution in [1.82, 2.24) is 10.2 Å². The first kappa shape index (κ1) is 18.8. The first-order valence-corrected chi connectivity index (χ1v) is 9.18. The third kappa shape index (κ3) is 4.08. The van der Waals surface area contributed by atoms with Crippen molar-refractivity contribution in [3.63, 3.8) is 0 Å². The van der Waals surface area contributed by atoms with Gasteiger partial charge in [-0.25, -0.2) is 0 Å². The van der Waals surface area contributed by atoms with E-state index >= 15 is 0 Å². The zero-order valence-electron chi connectivity index (χ0n) is 15.9. The standard InChI is InChI=1S/C22H24N2O3/c1-14(2)11-19(16-7-5-4-6-8-16)23-20(25)13-24-21(26)17-10-9-15(3)12-18(17)22(24)27/h4-10,12,14,19H,11,13H2,1-3H3,(H,23,25). The maximum absolute atomic E-state index is 12.6. The number of hydrogen-bond acceptors (Lipinski definition) is 3. The molecule has 1 unspecified atom stereocenters. The first-order chi connectivity index (χ1) is 12.9. The van der Waals surface area contributed by atoms with Crippen LogP contribution >= 0.6 is 0 Å². The van der Waals surface area contributed by atoms with Gasteiger partial charge < -0.3 is 5.32 Å². The average Bonchev–Trinajstić information content (AvgIpc) is 2.86. The number of hydrogen-bond donors (Lipinski definition) is 1. The molecular formula is C22H24N2O3. The summed E-state index contributed by atoms with van der Waals surface area (Å²) in [6.07, 6.45) is 0.775. The molecule has 0 saturated carbocycles. The zero-order valence-corrected chi connectivity index (χ0v) is 15.9. The van der Waals surface area contributed by atoms with Crippen LogP contribution in [0, 0.1) is 12.8 Å². The summed E-state index contributed by atoms with van der Waals surface area (Å²) in [5.41, 5.74) is 2.65. The Morgan fingerprint density at radius 1 is 1.00 bits per heavy atom. The van der Waals surface area contributed by atoms with Crippen LogP contribution in [0.3, 0.4) is 0 Å². The molecule has 2 aromatic rings. The highest BCUT2D eigenvalue weighted by Gasteiger charge is 2.36. The molecule has 0 aliphatic carbocycles. The van der Waals surface area contributed by atoms with E-state index < -0.39 is 11.8 Å². The number of carbonyl (C=O) groups is 3. The van der Waals surface area contributed by atoms with E-state index in [9.17, 15) is 14.4 Å². The Kier molecular flexibility index (Phi) is 5.40. The highest BCUT2D eigenvalue weighted by Crippen LogP contribution is 2.24. The minimum absolute atomic E-state index is 0.156. The fourth-order valence-corrected chi connectivity index (χ4v) is 3.37. The van der Waals surface area contributed by atoms with Crippen molar-refractivity contribution < 1.29 is 14.4 Å². The van der Waals surface area contributed by atoms with E-state index in [4.69, 9.17) is 0 Å². The molecule has 0 fully saturated rings. The Labute approximate surface area is 159 Å². The molecule has 0 bridgehead atoms. The number of aryl methyl sites for hydroxylation is 1.